The lowest BCUT2D eigenvalue weighted by atomic mass is 10.2. The van der Waals surface area contributed by atoms with Crippen LogP contribution in [-0.4, -0.2) is 14.5 Å². The summed E-state index contributed by atoms with van der Waals surface area (Å²) in [5, 5.41) is 2.10. The molecule has 5 heteroatoms. The van der Waals surface area contributed by atoms with Crippen molar-refractivity contribution in [2.75, 3.05) is 0 Å². The Hall–Kier alpha value is -1.46. The van der Waals surface area contributed by atoms with Crippen molar-refractivity contribution >= 4 is 34.7 Å². The summed E-state index contributed by atoms with van der Waals surface area (Å²) in [4.78, 5) is 8.99. The first-order chi connectivity index (χ1) is 8.81. The Balaban J connectivity index is 2.24. The van der Waals surface area contributed by atoms with E-state index in [0.29, 0.717) is 0 Å². The first-order valence-corrected chi connectivity index (χ1v) is 7.18. The Morgan fingerprint density at radius 1 is 1.44 bits per heavy atom. The monoisotopic (exact) mass is 275 g/mol. The number of H-pyrrole nitrogens is 1. The molecule has 92 valence electrons. The minimum absolute atomic E-state index is 0.265. The van der Waals surface area contributed by atoms with Gasteiger partial charge >= 0.3 is 0 Å². The Labute approximate surface area is 114 Å². The standard InChI is InChI=1S/C13H13N3S2/c1-2-10(11-6-4-8-18-11)16-12-9(15-13(16)17)5-3-7-14-12/h3-8,10H,2H2,1H3,(H,15,17). The van der Waals surface area contributed by atoms with Crippen molar-refractivity contribution in [1.82, 2.24) is 14.5 Å². The molecule has 1 N–H and O–H groups in total. The third kappa shape index (κ3) is 1.79. The van der Waals surface area contributed by atoms with Gasteiger partial charge in [-0.1, -0.05) is 13.0 Å². The maximum absolute atomic E-state index is 5.44. The number of nitrogens with one attached hydrogen (secondary N) is 1. The summed E-state index contributed by atoms with van der Waals surface area (Å²) in [6, 6.07) is 8.43. The lowest BCUT2D eigenvalue weighted by Gasteiger charge is -2.15. The van der Waals surface area contributed by atoms with Crippen LogP contribution in [0.2, 0.25) is 0 Å². The van der Waals surface area contributed by atoms with Crippen LogP contribution in [0, 0.1) is 4.77 Å². The highest BCUT2D eigenvalue weighted by molar-refractivity contribution is 7.71. The van der Waals surface area contributed by atoms with Crippen molar-refractivity contribution in [1.29, 1.82) is 0 Å². The topological polar surface area (TPSA) is 33.6 Å². The highest BCUT2D eigenvalue weighted by Gasteiger charge is 2.17. The maximum atomic E-state index is 5.44. The Morgan fingerprint density at radius 3 is 3.06 bits per heavy atom. The molecule has 18 heavy (non-hydrogen) atoms. The second kappa shape index (κ2) is 4.66. The fourth-order valence-electron chi connectivity index (χ4n) is 2.24. The summed E-state index contributed by atoms with van der Waals surface area (Å²) in [5.74, 6) is 0. The quantitative estimate of drug-likeness (QED) is 0.728. The SMILES string of the molecule is CCC(c1cccs1)n1c(=S)[nH]c2cccnc21. The third-order valence-corrected chi connectivity index (χ3v) is 4.32. The number of aromatic amines is 1. The molecule has 0 saturated heterocycles. The maximum Gasteiger partial charge on any atom is 0.179 e. The van der Waals surface area contributed by atoms with Gasteiger partial charge < -0.3 is 4.98 Å². The summed E-state index contributed by atoms with van der Waals surface area (Å²) in [6.07, 6.45) is 2.81. The molecule has 0 saturated carbocycles. The van der Waals surface area contributed by atoms with Gasteiger partial charge in [-0.15, -0.1) is 11.3 Å². The van der Waals surface area contributed by atoms with Gasteiger partial charge in [-0.3, -0.25) is 4.57 Å². The molecule has 3 aromatic rings. The van der Waals surface area contributed by atoms with Gasteiger partial charge in [0.2, 0.25) is 0 Å². The third-order valence-electron chi connectivity index (χ3n) is 3.05. The van der Waals surface area contributed by atoms with E-state index in [0.717, 1.165) is 22.4 Å². The zero-order valence-electron chi connectivity index (χ0n) is 9.96. The number of rotatable bonds is 3. The van der Waals surface area contributed by atoms with Gasteiger partial charge in [0.1, 0.15) is 0 Å². The average molecular weight is 275 g/mol. The van der Waals surface area contributed by atoms with Gasteiger partial charge in [0.05, 0.1) is 11.6 Å². The van der Waals surface area contributed by atoms with Crippen LogP contribution < -0.4 is 0 Å². The number of hydrogen-bond acceptors (Lipinski definition) is 3. The minimum Gasteiger partial charge on any atom is -0.329 e. The van der Waals surface area contributed by atoms with Crippen LogP contribution in [0.3, 0.4) is 0 Å². The van der Waals surface area contributed by atoms with E-state index in [-0.39, 0.29) is 6.04 Å². The zero-order chi connectivity index (χ0) is 12.5. The van der Waals surface area contributed by atoms with E-state index in [2.05, 4.69) is 39.0 Å². The zero-order valence-corrected chi connectivity index (χ0v) is 11.6. The van der Waals surface area contributed by atoms with E-state index in [1.54, 1.807) is 11.3 Å². The van der Waals surface area contributed by atoms with E-state index >= 15 is 0 Å². The van der Waals surface area contributed by atoms with Crippen molar-refractivity contribution in [2.24, 2.45) is 0 Å². The smallest absolute Gasteiger partial charge is 0.179 e. The normalized spacial score (nSPS) is 12.9. The Kier molecular flexibility index (Phi) is 3.01. The molecule has 0 aliphatic heterocycles. The Bertz CT molecular complexity index is 709. The van der Waals surface area contributed by atoms with Gasteiger partial charge in [-0.25, -0.2) is 4.98 Å². The lowest BCUT2D eigenvalue weighted by molar-refractivity contribution is 0.581. The molecule has 0 aromatic carbocycles. The molecule has 1 atom stereocenters. The average Bonchev–Trinajstić information content (AvgIpc) is 2.99. The fourth-order valence-corrected chi connectivity index (χ4v) is 3.46. The summed E-state index contributed by atoms with van der Waals surface area (Å²) in [5.41, 5.74) is 1.93. The van der Waals surface area contributed by atoms with Crippen LogP contribution in [0.4, 0.5) is 0 Å². The van der Waals surface area contributed by atoms with Crippen molar-refractivity contribution in [2.45, 2.75) is 19.4 Å². The van der Waals surface area contributed by atoms with Crippen LogP contribution in [0.1, 0.15) is 24.3 Å². The molecule has 1 unspecified atom stereocenters. The number of imidazole rings is 1. The molecule has 3 nitrogen and oxygen atoms in total. The number of fused-ring (bicyclic) bond motifs is 1. The van der Waals surface area contributed by atoms with Crippen molar-refractivity contribution in [3.05, 3.63) is 45.5 Å². The molecule has 0 aliphatic rings. The molecule has 3 heterocycles. The molecule has 0 bridgehead atoms. The fraction of sp³-hybridized carbons (Fsp3) is 0.231. The van der Waals surface area contributed by atoms with Gasteiger partial charge in [0.25, 0.3) is 0 Å². The largest absolute Gasteiger partial charge is 0.329 e. The summed E-state index contributed by atoms with van der Waals surface area (Å²) < 4.78 is 2.86. The van der Waals surface area contributed by atoms with Crippen LogP contribution in [0.15, 0.2) is 35.8 Å². The predicted octanol–water partition coefficient (Wildman–Crippen LogP) is 4.15. The minimum atomic E-state index is 0.265. The number of nitrogens with zero attached hydrogens (tertiary/aromatic N) is 2. The summed E-state index contributed by atoms with van der Waals surface area (Å²) >= 11 is 7.20. The van der Waals surface area contributed by atoms with Gasteiger partial charge in [0.15, 0.2) is 10.4 Å². The lowest BCUT2D eigenvalue weighted by Crippen LogP contribution is -2.08. The first kappa shape index (κ1) is 11.6. The van der Waals surface area contributed by atoms with Gasteiger partial charge in [-0.2, -0.15) is 0 Å². The first-order valence-electron chi connectivity index (χ1n) is 5.90. The highest BCUT2D eigenvalue weighted by Crippen LogP contribution is 2.29. The Morgan fingerprint density at radius 2 is 2.33 bits per heavy atom. The summed E-state index contributed by atoms with van der Waals surface area (Å²) in [6.45, 7) is 2.17. The number of pyridine rings is 1. The molecule has 0 spiro atoms. The molecule has 0 amide bonds. The van der Waals surface area contributed by atoms with E-state index in [1.807, 2.05) is 18.3 Å². The second-order valence-corrected chi connectivity index (χ2v) is 5.48. The van der Waals surface area contributed by atoms with Gasteiger partial charge in [-0.05, 0) is 42.2 Å². The number of aromatic nitrogens is 3. The molecule has 3 rings (SSSR count). The number of thiophene rings is 1. The van der Waals surface area contributed by atoms with Crippen LogP contribution in [-0.2, 0) is 0 Å². The molecule has 0 fully saturated rings. The molecule has 0 radical (unpaired) electrons. The molecule has 3 aromatic heterocycles. The van der Waals surface area contributed by atoms with Crippen LogP contribution >= 0.6 is 23.6 Å². The number of hydrogen-bond donors (Lipinski definition) is 1. The molecular weight excluding hydrogens is 262 g/mol. The van der Waals surface area contributed by atoms with E-state index in [1.165, 1.54) is 4.88 Å². The van der Waals surface area contributed by atoms with Crippen LogP contribution in [0.5, 0.6) is 0 Å². The van der Waals surface area contributed by atoms with Crippen molar-refractivity contribution in [3.8, 4) is 0 Å². The summed E-state index contributed by atoms with van der Waals surface area (Å²) in [7, 11) is 0. The highest BCUT2D eigenvalue weighted by atomic mass is 32.1. The van der Waals surface area contributed by atoms with Crippen molar-refractivity contribution in [3.63, 3.8) is 0 Å². The van der Waals surface area contributed by atoms with Crippen molar-refractivity contribution < 1.29 is 0 Å². The molecule has 0 aliphatic carbocycles. The van der Waals surface area contributed by atoms with Gasteiger partial charge in [0, 0.05) is 11.1 Å². The van der Waals surface area contributed by atoms with Crippen LogP contribution in [0.25, 0.3) is 11.2 Å². The predicted molar refractivity (Wildman–Crippen MR) is 77.7 cm³/mol. The van der Waals surface area contributed by atoms with E-state index in [4.69, 9.17) is 12.2 Å². The van der Waals surface area contributed by atoms with E-state index in [9.17, 15) is 0 Å². The molecular formula is C13H13N3S2. The van der Waals surface area contributed by atoms with E-state index < -0.39 is 0 Å². The second-order valence-electron chi connectivity index (χ2n) is 4.11.